The number of hydrogen-bond acceptors (Lipinski definition) is 3. The van der Waals surface area contributed by atoms with E-state index in [1.54, 1.807) is 0 Å². The van der Waals surface area contributed by atoms with E-state index < -0.39 is 6.10 Å². The average Bonchev–Trinajstić information content (AvgIpc) is 2.90. The van der Waals surface area contributed by atoms with Crippen molar-refractivity contribution in [3.05, 3.63) is 59.7 Å². The Morgan fingerprint density at radius 2 is 1.95 bits per heavy atom. The van der Waals surface area contributed by atoms with Gasteiger partial charge in [-0.3, -0.25) is 0 Å². The van der Waals surface area contributed by atoms with Gasteiger partial charge in [-0.2, -0.15) is 0 Å². The number of para-hydroxylation sites is 1. The van der Waals surface area contributed by atoms with E-state index in [4.69, 9.17) is 9.47 Å². The van der Waals surface area contributed by atoms with E-state index in [1.165, 1.54) is 0 Å². The van der Waals surface area contributed by atoms with Crippen LogP contribution in [0.1, 0.15) is 31.1 Å². The Labute approximate surface area is 125 Å². The first kappa shape index (κ1) is 14.0. The Hall–Kier alpha value is -2.00. The van der Waals surface area contributed by atoms with Gasteiger partial charge in [0.05, 0.1) is 6.10 Å². The Morgan fingerprint density at radius 1 is 1.14 bits per heavy atom. The van der Waals surface area contributed by atoms with Crippen LogP contribution in [-0.2, 0) is 6.42 Å². The molecular weight excluding hydrogens is 264 g/mol. The number of aliphatic hydroxyl groups excluding tert-OH is 1. The molecule has 3 rings (SSSR count). The summed E-state index contributed by atoms with van der Waals surface area (Å²) in [7, 11) is 0. The van der Waals surface area contributed by atoms with E-state index in [9.17, 15) is 5.11 Å². The predicted octanol–water partition coefficient (Wildman–Crippen LogP) is 3.51. The molecular formula is C18H20O3. The lowest BCUT2D eigenvalue weighted by Crippen LogP contribution is -2.23. The lowest BCUT2D eigenvalue weighted by Gasteiger charge is -2.19. The quantitative estimate of drug-likeness (QED) is 0.933. The lowest BCUT2D eigenvalue weighted by molar-refractivity contribution is 0.0490. The lowest BCUT2D eigenvalue weighted by atomic mass is 10.00. The molecule has 0 fully saturated rings. The Kier molecular flexibility index (Phi) is 3.84. The van der Waals surface area contributed by atoms with Crippen molar-refractivity contribution in [3.63, 3.8) is 0 Å². The summed E-state index contributed by atoms with van der Waals surface area (Å²) in [5.74, 6) is 1.65. The van der Waals surface area contributed by atoms with Gasteiger partial charge < -0.3 is 14.6 Å². The largest absolute Gasteiger partial charge is 0.491 e. The smallest absolute Gasteiger partial charge is 0.133 e. The van der Waals surface area contributed by atoms with E-state index >= 15 is 0 Å². The van der Waals surface area contributed by atoms with Crippen LogP contribution in [0.15, 0.2) is 48.5 Å². The average molecular weight is 284 g/mol. The van der Waals surface area contributed by atoms with Crippen LogP contribution in [0.25, 0.3) is 0 Å². The first-order chi connectivity index (χ1) is 10.1. The molecule has 2 aromatic rings. The Morgan fingerprint density at radius 3 is 2.71 bits per heavy atom. The third-order valence-electron chi connectivity index (χ3n) is 3.60. The maximum atomic E-state index is 10.6. The number of aliphatic hydroxyl groups is 1. The van der Waals surface area contributed by atoms with Gasteiger partial charge in [0, 0.05) is 6.42 Å². The zero-order valence-corrected chi connectivity index (χ0v) is 12.3. The molecule has 0 spiro atoms. The zero-order valence-electron chi connectivity index (χ0n) is 12.3. The van der Waals surface area contributed by atoms with Crippen LogP contribution in [0, 0.1) is 0 Å². The van der Waals surface area contributed by atoms with Crippen LogP contribution in [0.5, 0.6) is 11.5 Å². The summed E-state index contributed by atoms with van der Waals surface area (Å²) in [4.78, 5) is 0. The fourth-order valence-electron chi connectivity index (χ4n) is 2.64. The molecule has 1 aliphatic rings. The van der Waals surface area contributed by atoms with Crippen molar-refractivity contribution < 1.29 is 14.6 Å². The fourth-order valence-corrected chi connectivity index (χ4v) is 2.64. The minimum absolute atomic E-state index is 0.115. The fraction of sp³-hybridized carbons (Fsp3) is 0.333. The molecule has 3 nitrogen and oxygen atoms in total. The third-order valence-corrected chi connectivity index (χ3v) is 3.60. The van der Waals surface area contributed by atoms with Crippen molar-refractivity contribution in [2.75, 3.05) is 0 Å². The van der Waals surface area contributed by atoms with Gasteiger partial charge in [0.25, 0.3) is 0 Å². The number of benzene rings is 2. The van der Waals surface area contributed by atoms with Crippen LogP contribution >= 0.6 is 0 Å². The molecule has 0 bridgehead atoms. The highest BCUT2D eigenvalue weighted by atomic mass is 16.5. The van der Waals surface area contributed by atoms with Crippen molar-refractivity contribution in [3.8, 4) is 11.5 Å². The molecule has 2 atom stereocenters. The molecule has 0 amide bonds. The SMILES string of the molecule is CC(C)Oc1cccc(C(O)C2Cc3ccccc3O2)c1. The van der Waals surface area contributed by atoms with Gasteiger partial charge in [0.15, 0.2) is 0 Å². The summed E-state index contributed by atoms with van der Waals surface area (Å²) in [6, 6.07) is 15.5. The van der Waals surface area contributed by atoms with Crippen LogP contribution in [0.3, 0.4) is 0 Å². The first-order valence-electron chi connectivity index (χ1n) is 7.33. The van der Waals surface area contributed by atoms with Crippen molar-refractivity contribution in [2.45, 2.75) is 38.6 Å². The summed E-state index contributed by atoms with van der Waals surface area (Å²) in [5.41, 5.74) is 1.97. The van der Waals surface area contributed by atoms with Gasteiger partial charge in [0.2, 0.25) is 0 Å². The highest BCUT2D eigenvalue weighted by molar-refractivity contribution is 5.39. The number of rotatable bonds is 4. The minimum Gasteiger partial charge on any atom is -0.491 e. The molecule has 2 unspecified atom stereocenters. The van der Waals surface area contributed by atoms with Gasteiger partial charge in [-0.25, -0.2) is 0 Å². The van der Waals surface area contributed by atoms with E-state index in [1.807, 2.05) is 62.4 Å². The second-order valence-electron chi connectivity index (χ2n) is 5.65. The van der Waals surface area contributed by atoms with Gasteiger partial charge in [-0.05, 0) is 43.2 Å². The minimum atomic E-state index is -0.659. The van der Waals surface area contributed by atoms with Crippen LogP contribution in [0.4, 0.5) is 0 Å². The van der Waals surface area contributed by atoms with Gasteiger partial charge in [-0.15, -0.1) is 0 Å². The molecule has 1 aliphatic heterocycles. The molecule has 110 valence electrons. The molecule has 3 heteroatoms. The van der Waals surface area contributed by atoms with Crippen LogP contribution in [-0.4, -0.2) is 17.3 Å². The summed E-state index contributed by atoms with van der Waals surface area (Å²) in [5, 5.41) is 10.6. The molecule has 0 aliphatic carbocycles. The number of ether oxygens (including phenoxy) is 2. The van der Waals surface area contributed by atoms with Crippen molar-refractivity contribution in [2.24, 2.45) is 0 Å². The van der Waals surface area contributed by atoms with Gasteiger partial charge in [0.1, 0.15) is 23.7 Å². The molecule has 0 saturated heterocycles. The normalized spacial score (nSPS) is 18.2. The van der Waals surface area contributed by atoms with E-state index in [2.05, 4.69) is 0 Å². The van der Waals surface area contributed by atoms with Crippen LogP contribution in [0.2, 0.25) is 0 Å². The monoisotopic (exact) mass is 284 g/mol. The molecule has 2 aromatic carbocycles. The topological polar surface area (TPSA) is 38.7 Å². The summed E-state index contributed by atoms with van der Waals surface area (Å²) < 4.78 is 11.5. The maximum Gasteiger partial charge on any atom is 0.133 e. The van der Waals surface area contributed by atoms with Gasteiger partial charge in [-0.1, -0.05) is 30.3 Å². The molecule has 0 radical (unpaired) electrons. The van der Waals surface area contributed by atoms with E-state index in [-0.39, 0.29) is 12.2 Å². The summed E-state index contributed by atoms with van der Waals surface area (Å²) >= 11 is 0. The third kappa shape index (κ3) is 3.03. The maximum absolute atomic E-state index is 10.6. The Bertz CT molecular complexity index is 596. The molecule has 0 aromatic heterocycles. The number of fused-ring (bicyclic) bond motifs is 1. The second kappa shape index (κ2) is 5.78. The highest BCUT2D eigenvalue weighted by Crippen LogP contribution is 2.34. The van der Waals surface area contributed by atoms with Crippen molar-refractivity contribution in [1.82, 2.24) is 0 Å². The highest BCUT2D eigenvalue weighted by Gasteiger charge is 2.30. The van der Waals surface area contributed by atoms with Crippen molar-refractivity contribution >= 4 is 0 Å². The molecule has 1 N–H and O–H groups in total. The zero-order chi connectivity index (χ0) is 14.8. The van der Waals surface area contributed by atoms with Gasteiger partial charge >= 0.3 is 0 Å². The predicted molar refractivity (Wildman–Crippen MR) is 81.7 cm³/mol. The Balaban J connectivity index is 1.76. The standard InChI is InChI=1S/C18H20O3/c1-12(2)20-15-8-5-7-14(10-15)18(19)17-11-13-6-3-4-9-16(13)21-17/h3-10,12,17-19H,11H2,1-2H3. The van der Waals surface area contributed by atoms with Crippen molar-refractivity contribution in [1.29, 1.82) is 0 Å². The second-order valence-corrected chi connectivity index (χ2v) is 5.65. The molecule has 21 heavy (non-hydrogen) atoms. The summed E-state index contributed by atoms with van der Waals surface area (Å²) in [6.07, 6.45) is -0.0544. The molecule has 1 heterocycles. The number of hydrogen-bond donors (Lipinski definition) is 1. The van der Waals surface area contributed by atoms with E-state index in [0.717, 1.165) is 29.0 Å². The van der Waals surface area contributed by atoms with E-state index in [0.29, 0.717) is 0 Å². The summed E-state index contributed by atoms with van der Waals surface area (Å²) in [6.45, 7) is 3.97. The molecule has 0 saturated carbocycles. The van der Waals surface area contributed by atoms with Crippen LogP contribution < -0.4 is 9.47 Å². The first-order valence-corrected chi connectivity index (χ1v) is 7.33.